The second kappa shape index (κ2) is 5.12. The second-order valence-electron chi connectivity index (χ2n) is 3.37. The number of aromatic nitrogens is 4. The van der Waals surface area contributed by atoms with E-state index in [-0.39, 0.29) is 16.6 Å². The van der Waals surface area contributed by atoms with E-state index in [1.807, 2.05) is 20.0 Å². The smallest absolute Gasteiger partial charge is 0.228 e. The van der Waals surface area contributed by atoms with E-state index >= 15 is 0 Å². The van der Waals surface area contributed by atoms with Crippen LogP contribution >= 0.6 is 34.5 Å². The largest absolute Gasteiger partial charge is 0.345 e. The first-order valence-electron chi connectivity index (χ1n) is 4.80. The lowest BCUT2D eigenvalue weighted by atomic mass is 10.4. The summed E-state index contributed by atoms with van der Waals surface area (Å²) in [5.41, 5.74) is 0. The van der Waals surface area contributed by atoms with Crippen LogP contribution in [0.5, 0.6) is 0 Å². The average molecular weight is 290 g/mol. The van der Waals surface area contributed by atoms with E-state index in [2.05, 4.69) is 25.3 Å². The van der Waals surface area contributed by atoms with Crippen LogP contribution in [0, 0.1) is 6.92 Å². The molecule has 2 aromatic heterocycles. The molecule has 2 aromatic rings. The van der Waals surface area contributed by atoms with E-state index in [0.717, 1.165) is 9.88 Å². The Kier molecular flexibility index (Phi) is 3.76. The molecule has 1 N–H and O–H groups in total. The molecule has 0 spiro atoms. The summed E-state index contributed by atoms with van der Waals surface area (Å²) in [4.78, 5) is 17.0. The molecule has 90 valence electrons. The summed E-state index contributed by atoms with van der Waals surface area (Å²) < 4.78 is 0. The van der Waals surface area contributed by atoms with Gasteiger partial charge in [-0.3, -0.25) is 0 Å². The van der Waals surface area contributed by atoms with Gasteiger partial charge in [0.05, 0.1) is 6.04 Å². The maximum atomic E-state index is 5.68. The predicted octanol–water partition coefficient (Wildman–Crippen LogP) is 3.12. The fourth-order valence-corrected chi connectivity index (χ4v) is 2.36. The Morgan fingerprint density at radius 1 is 1.24 bits per heavy atom. The molecule has 2 rings (SSSR count). The highest BCUT2D eigenvalue weighted by Gasteiger charge is 2.11. The quantitative estimate of drug-likeness (QED) is 0.941. The van der Waals surface area contributed by atoms with Crippen LogP contribution in [-0.4, -0.2) is 19.9 Å². The molecule has 1 atom stereocenters. The van der Waals surface area contributed by atoms with Gasteiger partial charge in [-0.05, 0) is 37.0 Å². The number of nitrogens with zero attached hydrogens (tertiary/aromatic N) is 4. The predicted molar refractivity (Wildman–Crippen MR) is 68.7 cm³/mol. The molecule has 5 nitrogen and oxygen atoms in total. The highest BCUT2D eigenvalue weighted by Crippen LogP contribution is 2.22. The molecule has 0 aliphatic rings. The third kappa shape index (κ3) is 3.24. The fourth-order valence-electron chi connectivity index (χ4n) is 1.22. The van der Waals surface area contributed by atoms with Crippen molar-refractivity contribution in [3.8, 4) is 0 Å². The number of hydrogen-bond donors (Lipinski definition) is 1. The molecule has 8 heteroatoms. The molecule has 0 saturated carbocycles. The number of thiazole rings is 1. The molecular formula is C9H9Cl2N5S. The average Bonchev–Trinajstić information content (AvgIpc) is 2.63. The van der Waals surface area contributed by atoms with Crippen molar-refractivity contribution in [3.63, 3.8) is 0 Å². The van der Waals surface area contributed by atoms with Crippen molar-refractivity contribution in [3.05, 3.63) is 26.6 Å². The first-order chi connectivity index (χ1) is 8.04. The highest BCUT2D eigenvalue weighted by atomic mass is 35.5. The Labute approximate surface area is 112 Å². The third-order valence-electron chi connectivity index (χ3n) is 1.94. The number of aryl methyl sites for hydroxylation is 1. The van der Waals surface area contributed by atoms with Crippen LogP contribution in [-0.2, 0) is 0 Å². The lowest BCUT2D eigenvalue weighted by molar-refractivity contribution is 0.842. The Morgan fingerprint density at radius 2 is 1.88 bits per heavy atom. The van der Waals surface area contributed by atoms with Gasteiger partial charge in [-0.25, -0.2) is 4.98 Å². The number of hydrogen-bond acceptors (Lipinski definition) is 6. The van der Waals surface area contributed by atoms with Crippen molar-refractivity contribution >= 4 is 40.5 Å². The minimum atomic E-state index is -0.0109. The lowest BCUT2D eigenvalue weighted by Crippen LogP contribution is -2.09. The van der Waals surface area contributed by atoms with Crippen LogP contribution in [0.25, 0.3) is 0 Å². The van der Waals surface area contributed by atoms with Crippen molar-refractivity contribution in [2.45, 2.75) is 19.9 Å². The van der Waals surface area contributed by atoms with Gasteiger partial charge in [0.1, 0.15) is 5.01 Å². The van der Waals surface area contributed by atoms with Gasteiger partial charge < -0.3 is 5.32 Å². The summed E-state index contributed by atoms with van der Waals surface area (Å²) in [6.07, 6.45) is 1.82. The molecular weight excluding hydrogens is 281 g/mol. The van der Waals surface area contributed by atoms with Crippen LogP contribution in [0.3, 0.4) is 0 Å². The van der Waals surface area contributed by atoms with Gasteiger partial charge in [0.25, 0.3) is 0 Å². The molecule has 0 aliphatic heterocycles. The van der Waals surface area contributed by atoms with Crippen molar-refractivity contribution in [1.29, 1.82) is 0 Å². The number of nitrogens with one attached hydrogen (secondary N) is 1. The number of halogens is 2. The molecule has 0 fully saturated rings. The van der Waals surface area contributed by atoms with Gasteiger partial charge in [0.2, 0.25) is 16.5 Å². The summed E-state index contributed by atoms with van der Waals surface area (Å²) in [6, 6.07) is -0.0109. The SMILES string of the molecule is Cc1cnc(C(C)Nc2nc(Cl)nc(Cl)n2)s1. The zero-order valence-corrected chi connectivity index (χ0v) is 11.4. The van der Waals surface area contributed by atoms with E-state index in [1.165, 1.54) is 0 Å². The van der Waals surface area contributed by atoms with Crippen molar-refractivity contribution in [1.82, 2.24) is 19.9 Å². The summed E-state index contributed by atoms with van der Waals surface area (Å²) in [5, 5.41) is 4.15. The minimum absolute atomic E-state index is 0.0109. The van der Waals surface area contributed by atoms with E-state index < -0.39 is 0 Å². The maximum absolute atomic E-state index is 5.68. The van der Waals surface area contributed by atoms with Crippen LogP contribution in [0.4, 0.5) is 5.95 Å². The van der Waals surface area contributed by atoms with E-state index in [4.69, 9.17) is 23.2 Å². The number of rotatable bonds is 3. The normalized spacial score (nSPS) is 12.5. The summed E-state index contributed by atoms with van der Waals surface area (Å²) >= 11 is 13.0. The lowest BCUT2D eigenvalue weighted by Gasteiger charge is -2.10. The van der Waals surface area contributed by atoms with Crippen molar-refractivity contribution in [2.75, 3.05) is 5.32 Å². The van der Waals surface area contributed by atoms with Gasteiger partial charge in [-0.1, -0.05) is 0 Å². The molecule has 2 heterocycles. The standard InChI is InChI=1S/C9H9Cl2N5S/c1-4-3-12-6(17-4)5(2)13-9-15-7(10)14-8(11)16-9/h3,5H,1-2H3,(H,13,14,15,16). The molecule has 0 bridgehead atoms. The van der Waals surface area contributed by atoms with Crippen LogP contribution in [0.1, 0.15) is 22.9 Å². The van der Waals surface area contributed by atoms with Crippen molar-refractivity contribution in [2.24, 2.45) is 0 Å². The zero-order chi connectivity index (χ0) is 12.4. The number of anilines is 1. The molecule has 1 unspecified atom stereocenters. The van der Waals surface area contributed by atoms with E-state index in [1.54, 1.807) is 11.3 Å². The third-order valence-corrected chi connectivity index (χ3v) is 3.37. The monoisotopic (exact) mass is 289 g/mol. The molecule has 17 heavy (non-hydrogen) atoms. The molecule has 0 aromatic carbocycles. The fraction of sp³-hybridized carbons (Fsp3) is 0.333. The Balaban J connectivity index is 2.15. The van der Waals surface area contributed by atoms with Gasteiger partial charge in [0.15, 0.2) is 0 Å². The maximum Gasteiger partial charge on any atom is 0.228 e. The first-order valence-corrected chi connectivity index (χ1v) is 6.38. The van der Waals surface area contributed by atoms with E-state index in [0.29, 0.717) is 5.95 Å². The topological polar surface area (TPSA) is 63.6 Å². The van der Waals surface area contributed by atoms with Crippen LogP contribution in [0.2, 0.25) is 10.6 Å². The second-order valence-corrected chi connectivity index (χ2v) is 5.31. The summed E-state index contributed by atoms with van der Waals surface area (Å²) in [6.45, 7) is 3.97. The molecule has 0 radical (unpaired) electrons. The zero-order valence-electron chi connectivity index (χ0n) is 9.11. The first kappa shape index (κ1) is 12.5. The van der Waals surface area contributed by atoms with Gasteiger partial charge in [-0.15, -0.1) is 11.3 Å². The van der Waals surface area contributed by atoms with Crippen molar-refractivity contribution < 1.29 is 0 Å². The van der Waals surface area contributed by atoms with Crippen LogP contribution < -0.4 is 5.32 Å². The van der Waals surface area contributed by atoms with E-state index in [9.17, 15) is 0 Å². The highest BCUT2D eigenvalue weighted by molar-refractivity contribution is 7.11. The van der Waals surface area contributed by atoms with Crippen LogP contribution in [0.15, 0.2) is 6.20 Å². The molecule has 0 amide bonds. The Hall–Kier alpha value is -0.980. The Morgan fingerprint density at radius 3 is 2.41 bits per heavy atom. The molecule has 0 saturated heterocycles. The van der Waals surface area contributed by atoms with Gasteiger partial charge in [0, 0.05) is 11.1 Å². The minimum Gasteiger partial charge on any atom is -0.345 e. The summed E-state index contributed by atoms with van der Waals surface area (Å²) in [7, 11) is 0. The Bertz CT molecular complexity index is 510. The molecule has 0 aliphatic carbocycles. The summed E-state index contributed by atoms with van der Waals surface area (Å²) in [5.74, 6) is 0.343. The van der Waals surface area contributed by atoms with Gasteiger partial charge in [-0.2, -0.15) is 15.0 Å². The van der Waals surface area contributed by atoms with Gasteiger partial charge >= 0.3 is 0 Å².